The van der Waals surface area contributed by atoms with E-state index in [2.05, 4.69) is 53.4 Å². The summed E-state index contributed by atoms with van der Waals surface area (Å²) in [6.07, 6.45) is 1.67. The average Bonchev–Trinajstić information content (AvgIpc) is 3.20. The van der Waals surface area contributed by atoms with Gasteiger partial charge in [-0.25, -0.2) is 9.97 Å². The minimum atomic E-state index is 0.510. The van der Waals surface area contributed by atoms with Crippen molar-refractivity contribution in [1.82, 2.24) is 9.97 Å². The van der Waals surface area contributed by atoms with Crippen molar-refractivity contribution in [2.75, 3.05) is 5.32 Å². The molecule has 120 valence electrons. The fourth-order valence-electron chi connectivity index (χ4n) is 2.13. The number of thiazole rings is 2. The Morgan fingerprint density at radius 2 is 1.96 bits per heavy atom. The van der Waals surface area contributed by atoms with Crippen molar-refractivity contribution in [2.24, 2.45) is 0 Å². The molecule has 0 spiro atoms. The molecule has 2 heterocycles. The van der Waals surface area contributed by atoms with Gasteiger partial charge < -0.3 is 5.32 Å². The molecule has 0 aliphatic rings. The Morgan fingerprint density at radius 1 is 1.12 bits per heavy atom. The SMILES string of the molecule is Cc1csc(/C(C#N)=C/Nc2nc(-c3ccc(C)c(C)c3)cs2)n1. The minimum Gasteiger partial charge on any atom is -0.337 e. The highest BCUT2D eigenvalue weighted by atomic mass is 32.1. The lowest BCUT2D eigenvalue weighted by Crippen LogP contribution is -1.91. The Labute approximate surface area is 149 Å². The maximum Gasteiger partial charge on any atom is 0.187 e. The van der Waals surface area contributed by atoms with Crippen molar-refractivity contribution in [2.45, 2.75) is 20.8 Å². The molecule has 0 aliphatic carbocycles. The van der Waals surface area contributed by atoms with Crippen LogP contribution in [0.15, 0.2) is 35.2 Å². The lowest BCUT2D eigenvalue weighted by Gasteiger charge is -2.02. The van der Waals surface area contributed by atoms with Gasteiger partial charge in [0.15, 0.2) is 5.13 Å². The summed E-state index contributed by atoms with van der Waals surface area (Å²) in [5.41, 5.74) is 5.98. The molecule has 1 N–H and O–H groups in total. The lowest BCUT2D eigenvalue weighted by molar-refractivity contribution is 1.24. The zero-order chi connectivity index (χ0) is 17.1. The largest absolute Gasteiger partial charge is 0.337 e. The summed E-state index contributed by atoms with van der Waals surface area (Å²) in [5.74, 6) is 0. The molecule has 3 rings (SSSR count). The number of hydrogen-bond donors (Lipinski definition) is 1. The topological polar surface area (TPSA) is 61.6 Å². The van der Waals surface area contributed by atoms with Gasteiger partial charge in [0.05, 0.1) is 5.69 Å². The van der Waals surface area contributed by atoms with Crippen LogP contribution >= 0.6 is 22.7 Å². The van der Waals surface area contributed by atoms with Gasteiger partial charge in [-0.3, -0.25) is 0 Å². The van der Waals surface area contributed by atoms with Gasteiger partial charge in [0.2, 0.25) is 0 Å². The van der Waals surface area contributed by atoms with Crippen LogP contribution in [0.25, 0.3) is 16.8 Å². The Kier molecular flexibility index (Phi) is 4.74. The van der Waals surface area contributed by atoms with E-state index in [0.717, 1.165) is 22.1 Å². The summed E-state index contributed by atoms with van der Waals surface area (Å²) in [4.78, 5) is 8.93. The van der Waals surface area contributed by atoms with E-state index in [1.807, 2.05) is 17.7 Å². The molecular formula is C18H16N4S2. The van der Waals surface area contributed by atoms with Gasteiger partial charge in [0.1, 0.15) is 16.6 Å². The van der Waals surface area contributed by atoms with Crippen molar-refractivity contribution in [3.63, 3.8) is 0 Å². The highest BCUT2D eigenvalue weighted by Gasteiger charge is 2.08. The standard InChI is InChI=1S/C18H16N4S2/c1-11-4-5-14(6-12(11)2)16-10-24-18(22-16)20-8-15(7-19)17-21-13(3)9-23-17/h4-6,8-10H,1-3H3,(H,20,22)/b15-8+. The van der Waals surface area contributed by atoms with Gasteiger partial charge in [0, 0.05) is 28.2 Å². The van der Waals surface area contributed by atoms with Crippen LogP contribution in [-0.2, 0) is 0 Å². The fourth-order valence-corrected chi connectivity index (χ4v) is 3.58. The highest BCUT2D eigenvalue weighted by Crippen LogP contribution is 2.27. The molecule has 4 nitrogen and oxygen atoms in total. The number of anilines is 1. The molecular weight excluding hydrogens is 336 g/mol. The summed E-state index contributed by atoms with van der Waals surface area (Å²) in [6.45, 7) is 6.11. The van der Waals surface area contributed by atoms with Crippen molar-refractivity contribution < 1.29 is 0 Å². The van der Waals surface area contributed by atoms with Crippen LogP contribution in [0, 0.1) is 32.1 Å². The number of aromatic nitrogens is 2. The zero-order valence-electron chi connectivity index (χ0n) is 13.6. The van der Waals surface area contributed by atoms with Gasteiger partial charge in [-0.1, -0.05) is 12.1 Å². The van der Waals surface area contributed by atoms with Crippen LogP contribution in [-0.4, -0.2) is 9.97 Å². The Morgan fingerprint density at radius 3 is 2.62 bits per heavy atom. The predicted octanol–water partition coefficient (Wildman–Crippen LogP) is 5.17. The molecule has 3 aromatic rings. The van der Waals surface area contributed by atoms with E-state index in [1.54, 1.807) is 6.20 Å². The first-order chi connectivity index (χ1) is 11.6. The first-order valence-electron chi connectivity index (χ1n) is 7.39. The number of rotatable bonds is 4. The Bertz CT molecular complexity index is 944. The van der Waals surface area contributed by atoms with Crippen LogP contribution in [0.4, 0.5) is 5.13 Å². The molecule has 0 fully saturated rings. The van der Waals surface area contributed by atoms with Gasteiger partial charge in [-0.05, 0) is 38.0 Å². The summed E-state index contributed by atoms with van der Waals surface area (Å²) in [7, 11) is 0. The molecule has 0 saturated carbocycles. The summed E-state index contributed by atoms with van der Waals surface area (Å²) in [5, 5.41) is 17.8. The fraction of sp³-hybridized carbons (Fsp3) is 0.167. The second-order valence-electron chi connectivity index (χ2n) is 5.45. The second-order valence-corrected chi connectivity index (χ2v) is 7.16. The molecule has 0 amide bonds. The number of allylic oxidation sites excluding steroid dienone is 1. The predicted molar refractivity (Wildman–Crippen MR) is 101 cm³/mol. The maximum atomic E-state index is 9.30. The number of aryl methyl sites for hydroxylation is 3. The van der Waals surface area contributed by atoms with E-state index in [0.29, 0.717) is 10.6 Å². The third-order valence-electron chi connectivity index (χ3n) is 3.62. The van der Waals surface area contributed by atoms with Gasteiger partial charge >= 0.3 is 0 Å². The molecule has 6 heteroatoms. The van der Waals surface area contributed by atoms with E-state index in [4.69, 9.17) is 0 Å². The zero-order valence-corrected chi connectivity index (χ0v) is 15.3. The molecule has 0 radical (unpaired) electrons. The maximum absolute atomic E-state index is 9.30. The first kappa shape index (κ1) is 16.4. The minimum absolute atomic E-state index is 0.510. The van der Waals surface area contributed by atoms with Crippen LogP contribution < -0.4 is 5.32 Å². The van der Waals surface area contributed by atoms with Crippen molar-refractivity contribution in [1.29, 1.82) is 5.26 Å². The van der Waals surface area contributed by atoms with E-state index in [1.165, 1.54) is 33.8 Å². The molecule has 1 aromatic carbocycles. The van der Waals surface area contributed by atoms with Crippen molar-refractivity contribution in [3.05, 3.63) is 57.0 Å². The first-order valence-corrected chi connectivity index (χ1v) is 9.15. The quantitative estimate of drug-likeness (QED) is 0.658. The second kappa shape index (κ2) is 6.95. The van der Waals surface area contributed by atoms with Crippen LogP contribution in [0.1, 0.15) is 21.8 Å². The normalized spacial score (nSPS) is 11.3. The number of hydrogen-bond acceptors (Lipinski definition) is 6. The summed E-state index contributed by atoms with van der Waals surface area (Å²) >= 11 is 2.98. The van der Waals surface area contributed by atoms with Crippen LogP contribution in [0.3, 0.4) is 0 Å². The number of nitriles is 1. The molecule has 24 heavy (non-hydrogen) atoms. The molecule has 0 atom stereocenters. The van der Waals surface area contributed by atoms with Crippen molar-refractivity contribution in [3.8, 4) is 17.3 Å². The molecule has 2 aromatic heterocycles. The summed E-state index contributed by atoms with van der Waals surface area (Å²) < 4.78 is 0. The van der Waals surface area contributed by atoms with E-state index in [-0.39, 0.29) is 0 Å². The van der Waals surface area contributed by atoms with Crippen molar-refractivity contribution >= 4 is 33.4 Å². The van der Waals surface area contributed by atoms with Gasteiger partial charge in [-0.15, -0.1) is 22.7 Å². The van der Waals surface area contributed by atoms with E-state index >= 15 is 0 Å². The third-order valence-corrected chi connectivity index (χ3v) is 5.38. The monoisotopic (exact) mass is 352 g/mol. The van der Waals surface area contributed by atoms with Gasteiger partial charge in [-0.2, -0.15) is 5.26 Å². The highest BCUT2D eigenvalue weighted by molar-refractivity contribution is 7.14. The molecule has 0 bridgehead atoms. The third kappa shape index (κ3) is 3.53. The molecule has 0 unspecified atom stereocenters. The van der Waals surface area contributed by atoms with E-state index in [9.17, 15) is 5.26 Å². The number of benzene rings is 1. The molecule has 0 saturated heterocycles. The number of nitrogens with zero attached hydrogens (tertiary/aromatic N) is 3. The Hall–Kier alpha value is -2.49. The van der Waals surface area contributed by atoms with Crippen LogP contribution in [0.2, 0.25) is 0 Å². The van der Waals surface area contributed by atoms with Crippen LogP contribution in [0.5, 0.6) is 0 Å². The molecule has 0 aliphatic heterocycles. The summed E-state index contributed by atoms with van der Waals surface area (Å²) in [6, 6.07) is 8.51. The Balaban J connectivity index is 1.79. The smallest absolute Gasteiger partial charge is 0.187 e. The number of nitrogens with one attached hydrogen (secondary N) is 1. The average molecular weight is 352 g/mol. The van der Waals surface area contributed by atoms with Gasteiger partial charge in [0.25, 0.3) is 0 Å². The lowest BCUT2D eigenvalue weighted by atomic mass is 10.1. The van der Waals surface area contributed by atoms with E-state index < -0.39 is 0 Å².